The SMILES string of the molecule is C[C@]12CC[C@H]3[C@@H](CCC4=CC(=O)CC[C@@]43C)[C@@H]1CC[C@@H]2[C]=O. The first-order chi connectivity index (χ1) is 10.5. The van der Waals surface area contributed by atoms with Crippen LogP contribution in [0.3, 0.4) is 0 Å². The molecule has 2 nitrogen and oxygen atoms in total. The average molecular weight is 299 g/mol. The van der Waals surface area contributed by atoms with Crippen molar-refractivity contribution in [3.8, 4) is 0 Å². The van der Waals surface area contributed by atoms with Gasteiger partial charge < -0.3 is 0 Å². The number of carbonyl (C=O) groups excluding carboxylic acids is 2. The zero-order valence-electron chi connectivity index (χ0n) is 13.9. The smallest absolute Gasteiger partial charge is 0.202 e. The van der Waals surface area contributed by atoms with Gasteiger partial charge in [-0.05, 0) is 79.6 Å². The Kier molecular flexibility index (Phi) is 3.19. The van der Waals surface area contributed by atoms with E-state index >= 15 is 0 Å². The molecule has 0 spiro atoms. The van der Waals surface area contributed by atoms with E-state index < -0.39 is 0 Å². The van der Waals surface area contributed by atoms with Gasteiger partial charge in [0, 0.05) is 12.3 Å². The summed E-state index contributed by atoms with van der Waals surface area (Å²) in [7, 11) is 0. The highest BCUT2D eigenvalue weighted by atomic mass is 16.1. The zero-order chi connectivity index (χ0) is 15.5. The number of allylic oxidation sites excluding steroid dienone is 1. The molecule has 0 N–H and O–H groups in total. The van der Waals surface area contributed by atoms with Gasteiger partial charge in [0.15, 0.2) is 5.78 Å². The van der Waals surface area contributed by atoms with E-state index in [9.17, 15) is 9.59 Å². The van der Waals surface area contributed by atoms with Crippen LogP contribution in [0.4, 0.5) is 0 Å². The zero-order valence-corrected chi connectivity index (χ0v) is 13.9. The first-order valence-electron chi connectivity index (χ1n) is 9.10. The first kappa shape index (κ1) is 14.7. The Labute approximate surface area is 133 Å². The van der Waals surface area contributed by atoms with Crippen LogP contribution in [0.1, 0.15) is 65.2 Å². The Hall–Kier alpha value is -0.920. The van der Waals surface area contributed by atoms with Crippen LogP contribution in [0.15, 0.2) is 11.6 Å². The van der Waals surface area contributed by atoms with Gasteiger partial charge in [0.2, 0.25) is 6.29 Å². The van der Waals surface area contributed by atoms with Crippen molar-refractivity contribution in [3.05, 3.63) is 11.6 Å². The molecule has 3 fully saturated rings. The molecule has 22 heavy (non-hydrogen) atoms. The number of ketones is 1. The molecule has 0 unspecified atom stereocenters. The molecule has 4 aliphatic rings. The Balaban J connectivity index is 1.68. The molecular formula is C20H27O2. The van der Waals surface area contributed by atoms with E-state index in [4.69, 9.17) is 0 Å². The lowest BCUT2D eigenvalue weighted by atomic mass is 9.47. The maximum Gasteiger partial charge on any atom is 0.202 e. The molecule has 4 aliphatic carbocycles. The van der Waals surface area contributed by atoms with Crippen molar-refractivity contribution in [2.45, 2.75) is 65.2 Å². The van der Waals surface area contributed by atoms with Crippen molar-refractivity contribution in [3.63, 3.8) is 0 Å². The molecular weight excluding hydrogens is 272 g/mol. The summed E-state index contributed by atoms with van der Waals surface area (Å²) in [6, 6.07) is 0. The third kappa shape index (κ3) is 1.79. The molecule has 1 radical (unpaired) electrons. The van der Waals surface area contributed by atoms with Crippen molar-refractivity contribution in [1.29, 1.82) is 0 Å². The molecule has 119 valence electrons. The minimum absolute atomic E-state index is 0.163. The Morgan fingerprint density at radius 2 is 1.86 bits per heavy atom. The van der Waals surface area contributed by atoms with Gasteiger partial charge in [0.1, 0.15) is 0 Å². The maximum absolute atomic E-state index is 11.8. The van der Waals surface area contributed by atoms with Crippen LogP contribution in [0, 0.1) is 34.5 Å². The van der Waals surface area contributed by atoms with Crippen molar-refractivity contribution in [1.82, 2.24) is 0 Å². The van der Waals surface area contributed by atoms with Gasteiger partial charge in [0.25, 0.3) is 0 Å². The van der Waals surface area contributed by atoms with E-state index in [0.717, 1.165) is 37.5 Å². The molecule has 0 saturated heterocycles. The number of hydrogen-bond donors (Lipinski definition) is 0. The summed E-state index contributed by atoms with van der Waals surface area (Å²) in [4.78, 5) is 23.2. The van der Waals surface area contributed by atoms with Crippen LogP contribution in [-0.2, 0) is 9.59 Å². The number of carbonyl (C=O) groups is 1. The van der Waals surface area contributed by atoms with E-state index in [-0.39, 0.29) is 16.7 Å². The Bertz CT molecular complexity index is 548. The van der Waals surface area contributed by atoms with Gasteiger partial charge in [-0.3, -0.25) is 9.59 Å². The molecule has 0 bridgehead atoms. The lowest BCUT2D eigenvalue weighted by Gasteiger charge is -2.57. The third-order valence-electron chi connectivity index (χ3n) is 8.10. The largest absolute Gasteiger partial charge is 0.295 e. The predicted octanol–water partition coefficient (Wildman–Crippen LogP) is 4.24. The molecule has 0 aromatic heterocycles. The van der Waals surface area contributed by atoms with Crippen molar-refractivity contribution < 1.29 is 9.59 Å². The van der Waals surface area contributed by atoms with Crippen LogP contribution < -0.4 is 0 Å². The second kappa shape index (κ2) is 4.79. The molecule has 4 rings (SSSR count). The lowest BCUT2D eigenvalue weighted by molar-refractivity contribution is -0.117. The van der Waals surface area contributed by atoms with E-state index in [1.54, 1.807) is 0 Å². The standard InChI is InChI=1S/C20H27O2/c1-19-9-7-15(22)11-13(19)3-5-16-17-6-4-14(12-21)20(17,2)10-8-18(16)19/h11,14,16-18H,3-10H2,1-2H3/t14-,16+,17+,18+,19+,20-/m1/s1. The third-order valence-corrected chi connectivity index (χ3v) is 8.10. The van der Waals surface area contributed by atoms with E-state index in [0.29, 0.717) is 11.7 Å². The van der Waals surface area contributed by atoms with Gasteiger partial charge in [-0.1, -0.05) is 19.4 Å². The molecule has 6 atom stereocenters. The molecule has 3 saturated carbocycles. The number of hydrogen-bond acceptors (Lipinski definition) is 2. The van der Waals surface area contributed by atoms with Crippen molar-refractivity contribution in [2.24, 2.45) is 34.5 Å². The summed E-state index contributed by atoms with van der Waals surface area (Å²) in [5, 5.41) is 0. The minimum Gasteiger partial charge on any atom is -0.295 e. The second-order valence-electron chi connectivity index (χ2n) is 8.76. The summed E-state index contributed by atoms with van der Waals surface area (Å²) < 4.78 is 0. The first-order valence-corrected chi connectivity index (χ1v) is 9.10. The van der Waals surface area contributed by atoms with Gasteiger partial charge in [-0.25, -0.2) is 0 Å². The fourth-order valence-electron chi connectivity index (χ4n) is 6.75. The quantitative estimate of drug-likeness (QED) is 0.725. The summed E-state index contributed by atoms with van der Waals surface area (Å²) in [5.74, 6) is 2.68. The van der Waals surface area contributed by atoms with Gasteiger partial charge in [-0.2, -0.15) is 0 Å². The molecule has 0 aliphatic heterocycles. The highest BCUT2D eigenvalue weighted by Gasteiger charge is 2.58. The fourth-order valence-corrected chi connectivity index (χ4v) is 6.75. The molecule has 2 heteroatoms. The van der Waals surface area contributed by atoms with E-state index in [1.807, 2.05) is 6.08 Å². The van der Waals surface area contributed by atoms with Crippen LogP contribution in [0.5, 0.6) is 0 Å². The second-order valence-corrected chi connectivity index (χ2v) is 8.76. The highest BCUT2D eigenvalue weighted by Crippen LogP contribution is 2.66. The summed E-state index contributed by atoms with van der Waals surface area (Å²) >= 11 is 0. The van der Waals surface area contributed by atoms with Crippen molar-refractivity contribution >= 4 is 12.1 Å². The van der Waals surface area contributed by atoms with Crippen LogP contribution in [0.2, 0.25) is 0 Å². The molecule has 0 amide bonds. The van der Waals surface area contributed by atoms with E-state index in [1.165, 1.54) is 31.3 Å². The average Bonchev–Trinajstić information content (AvgIpc) is 2.84. The fraction of sp³-hybridized carbons (Fsp3) is 0.800. The summed E-state index contributed by atoms with van der Waals surface area (Å²) in [6.45, 7) is 4.78. The maximum atomic E-state index is 11.8. The predicted molar refractivity (Wildman–Crippen MR) is 85.9 cm³/mol. The highest BCUT2D eigenvalue weighted by molar-refractivity contribution is 5.91. The molecule has 0 aromatic carbocycles. The normalized spacial score (nSPS) is 50.6. The van der Waals surface area contributed by atoms with Crippen molar-refractivity contribution in [2.75, 3.05) is 0 Å². The van der Waals surface area contributed by atoms with Crippen LogP contribution in [0.25, 0.3) is 0 Å². The lowest BCUT2D eigenvalue weighted by Crippen LogP contribution is -2.50. The Morgan fingerprint density at radius 3 is 2.64 bits per heavy atom. The Morgan fingerprint density at radius 1 is 1.05 bits per heavy atom. The van der Waals surface area contributed by atoms with E-state index in [2.05, 4.69) is 20.1 Å². The van der Waals surface area contributed by atoms with Gasteiger partial charge in [-0.15, -0.1) is 0 Å². The molecule has 0 heterocycles. The summed E-state index contributed by atoms with van der Waals surface area (Å²) in [6.07, 6.45) is 13.1. The van der Waals surface area contributed by atoms with Crippen LogP contribution >= 0.6 is 0 Å². The van der Waals surface area contributed by atoms with Crippen LogP contribution in [-0.4, -0.2) is 12.1 Å². The topological polar surface area (TPSA) is 34.1 Å². The number of rotatable bonds is 1. The van der Waals surface area contributed by atoms with Gasteiger partial charge >= 0.3 is 0 Å². The minimum atomic E-state index is 0.163. The van der Waals surface area contributed by atoms with Gasteiger partial charge in [0.05, 0.1) is 0 Å². The molecule has 0 aromatic rings. The monoisotopic (exact) mass is 299 g/mol. The summed E-state index contributed by atoms with van der Waals surface area (Å²) in [5.41, 5.74) is 1.89. The number of fused-ring (bicyclic) bond motifs is 5.